The van der Waals surface area contributed by atoms with E-state index in [0.29, 0.717) is 10.0 Å². The second-order valence-corrected chi connectivity index (χ2v) is 5.47. The van der Waals surface area contributed by atoms with Crippen LogP contribution in [0.4, 0.5) is 14.5 Å². The van der Waals surface area contributed by atoms with E-state index < -0.39 is 17.6 Å². The molecule has 0 fully saturated rings. The molecule has 0 bridgehead atoms. The molecule has 0 spiro atoms. The number of nitrogens with two attached hydrogens (primary N) is 1. The molecule has 2 aromatic carbocycles. The van der Waals surface area contributed by atoms with Gasteiger partial charge in [0.1, 0.15) is 18.2 Å². The lowest BCUT2D eigenvalue weighted by molar-refractivity contribution is 0.0466. The molecule has 0 saturated heterocycles. The van der Waals surface area contributed by atoms with Crippen molar-refractivity contribution < 1.29 is 18.3 Å². The van der Waals surface area contributed by atoms with Crippen molar-refractivity contribution in [3.63, 3.8) is 0 Å². The number of anilines is 1. The fourth-order valence-corrected chi connectivity index (χ4v) is 2.38. The second kappa shape index (κ2) is 6.22. The van der Waals surface area contributed by atoms with Crippen LogP contribution in [0, 0.1) is 18.6 Å². The Kier molecular flexibility index (Phi) is 4.57. The fourth-order valence-electron chi connectivity index (χ4n) is 1.87. The molecule has 0 atom stereocenters. The number of carbonyl (C=O) groups is 1. The first-order chi connectivity index (χ1) is 9.86. The lowest BCUT2D eigenvalue weighted by Crippen LogP contribution is -2.09. The van der Waals surface area contributed by atoms with Crippen molar-refractivity contribution in [2.24, 2.45) is 0 Å². The predicted molar refractivity (Wildman–Crippen MR) is 78.8 cm³/mol. The molecule has 0 amide bonds. The number of hydrogen-bond donors (Lipinski definition) is 1. The summed E-state index contributed by atoms with van der Waals surface area (Å²) in [4.78, 5) is 11.9. The molecule has 2 aromatic rings. The Labute approximate surface area is 128 Å². The van der Waals surface area contributed by atoms with Gasteiger partial charge in [0, 0.05) is 10.2 Å². The van der Waals surface area contributed by atoms with Gasteiger partial charge in [-0.25, -0.2) is 13.6 Å². The van der Waals surface area contributed by atoms with Crippen molar-refractivity contribution in [3.05, 3.63) is 63.1 Å². The van der Waals surface area contributed by atoms with Crippen LogP contribution >= 0.6 is 15.9 Å². The zero-order valence-electron chi connectivity index (χ0n) is 11.1. The Morgan fingerprint density at radius 1 is 1.24 bits per heavy atom. The van der Waals surface area contributed by atoms with Crippen LogP contribution in [0.25, 0.3) is 0 Å². The number of esters is 1. The van der Waals surface area contributed by atoms with Gasteiger partial charge in [-0.05, 0) is 48.4 Å². The average Bonchev–Trinajstić information content (AvgIpc) is 2.39. The van der Waals surface area contributed by atoms with E-state index in [1.807, 2.05) is 0 Å². The van der Waals surface area contributed by atoms with Gasteiger partial charge in [0.2, 0.25) is 0 Å². The molecule has 0 unspecified atom stereocenters. The normalized spacial score (nSPS) is 10.5. The van der Waals surface area contributed by atoms with Gasteiger partial charge in [0.25, 0.3) is 0 Å². The lowest BCUT2D eigenvalue weighted by Gasteiger charge is -2.09. The Bertz CT molecular complexity index is 684. The van der Waals surface area contributed by atoms with Gasteiger partial charge in [-0.1, -0.05) is 15.9 Å². The summed E-state index contributed by atoms with van der Waals surface area (Å²) in [5.41, 5.74) is 6.34. The highest BCUT2D eigenvalue weighted by Crippen LogP contribution is 2.20. The summed E-state index contributed by atoms with van der Waals surface area (Å²) in [5, 5.41) is 0. The molecule has 110 valence electrons. The summed E-state index contributed by atoms with van der Waals surface area (Å²) in [7, 11) is 0. The molecule has 0 aliphatic heterocycles. The number of nitrogen functional groups attached to an aromatic ring is 1. The van der Waals surface area contributed by atoms with Crippen molar-refractivity contribution in [1.82, 2.24) is 0 Å². The van der Waals surface area contributed by atoms with Crippen LogP contribution in [0.15, 0.2) is 34.8 Å². The number of aryl methyl sites for hydroxylation is 1. The zero-order valence-corrected chi connectivity index (χ0v) is 12.7. The molecule has 2 N–H and O–H groups in total. The van der Waals surface area contributed by atoms with E-state index in [1.165, 1.54) is 31.2 Å². The van der Waals surface area contributed by atoms with E-state index in [2.05, 4.69) is 15.9 Å². The first-order valence-corrected chi connectivity index (χ1v) is 6.84. The molecule has 0 saturated carbocycles. The summed E-state index contributed by atoms with van der Waals surface area (Å²) in [5.74, 6) is -1.97. The summed E-state index contributed by atoms with van der Waals surface area (Å²) in [6.07, 6.45) is 0. The van der Waals surface area contributed by atoms with E-state index in [0.717, 1.165) is 0 Å². The molecule has 0 aromatic heterocycles. The van der Waals surface area contributed by atoms with Crippen molar-refractivity contribution >= 4 is 27.6 Å². The summed E-state index contributed by atoms with van der Waals surface area (Å²) in [6.45, 7) is 1.34. The molecule has 6 heteroatoms. The van der Waals surface area contributed by atoms with E-state index in [9.17, 15) is 13.6 Å². The molecule has 0 heterocycles. The smallest absolute Gasteiger partial charge is 0.341 e. The standard InChI is InChI=1S/C15H12BrF2NO2/c1-8-2-12(19)6-13(14(8)18)15(20)21-7-9-3-10(16)5-11(17)4-9/h2-6H,7,19H2,1H3. The minimum absolute atomic E-state index is 0.164. The van der Waals surface area contributed by atoms with Crippen LogP contribution < -0.4 is 5.73 Å². The Balaban J connectivity index is 2.15. The first kappa shape index (κ1) is 15.4. The number of carbonyl (C=O) groups excluding carboxylic acids is 1. The summed E-state index contributed by atoms with van der Waals surface area (Å²) < 4.78 is 32.6. The quantitative estimate of drug-likeness (QED) is 0.669. The van der Waals surface area contributed by atoms with Gasteiger partial charge in [-0.15, -0.1) is 0 Å². The second-order valence-electron chi connectivity index (χ2n) is 4.55. The van der Waals surface area contributed by atoms with Crippen LogP contribution in [0.3, 0.4) is 0 Å². The highest BCUT2D eigenvalue weighted by atomic mass is 79.9. The highest BCUT2D eigenvalue weighted by Gasteiger charge is 2.16. The van der Waals surface area contributed by atoms with Crippen LogP contribution in [0.1, 0.15) is 21.5 Å². The van der Waals surface area contributed by atoms with E-state index in [-0.39, 0.29) is 23.4 Å². The van der Waals surface area contributed by atoms with E-state index >= 15 is 0 Å². The molecule has 0 aliphatic rings. The summed E-state index contributed by atoms with van der Waals surface area (Å²) in [6, 6.07) is 6.77. The SMILES string of the molecule is Cc1cc(N)cc(C(=O)OCc2cc(F)cc(Br)c2)c1F. The lowest BCUT2D eigenvalue weighted by atomic mass is 10.1. The largest absolute Gasteiger partial charge is 0.457 e. The van der Waals surface area contributed by atoms with Gasteiger partial charge in [0.05, 0.1) is 5.56 Å². The van der Waals surface area contributed by atoms with Gasteiger partial charge in [-0.2, -0.15) is 0 Å². The van der Waals surface area contributed by atoms with E-state index in [4.69, 9.17) is 10.5 Å². The number of ether oxygens (including phenoxy) is 1. The maximum atomic E-state index is 13.9. The maximum absolute atomic E-state index is 13.9. The monoisotopic (exact) mass is 355 g/mol. The topological polar surface area (TPSA) is 52.3 Å². The third-order valence-corrected chi connectivity index (χ3v) is 3.25. The molecular formula is C15H12BrF2NO2. The zero-order chi connectivity index (χ0) is 15.6. The van der Waals surface area contributed by atoms with Crippen molar-refractivity contribution in [2.45, 2.75) is 13.5 Å². The fraction of sp³-hybridized carbons (Fsp3) is 0.133. The number of halogens is 3. The van der Waals surface area contributed by atoms with Gasteiger partial charge >= 0.3 is 5.97 Å². The minimum Gasteiger partial charge on any atom is -0.457 e. The molecule has 0 radical (unpaired) electrons. The number of rotatable bonds is 3. The van der Waals surface area contributed by atoms with Crippen molar-refractivity contribution in [3.8, 4) is 0 Å². The van der Waals surface area contributed by atoms with E-state index in [1.54, 1.807) is 6.07 Å². The predicted octanol–water partition coefficient (Wildman–Crippen LogP) is 3.97. The first-order valence-electron chi connectivity index (χ1n) is 6.04. The summed E-state index contributed by atoms with van der Waals surface area (Å²) >= 11 is 3.14. The third-order valence-electron chi connectivity index (χ3n) is 2.79. The Morgan fingerprint density at radius 2 is 1.95 bits per heavy atom. The molecule has 21 heavy (non-hydrogen) atoms. The average molecular weight is 356 g/mol. The molecule has 2 rings (SSSR count). The van der Waals surface area contributed by atoms with Crippen molar-refractivity contribution in [1.29, 1.82) is 0 Å². The molecule has 3 nitrogen and oxygen atoms in total. The Morgan fingerprint density at radius 3 is 2.62 bits per heavy atom. The third kappa shape index (κ3) is 3.78. The Hall–Kier alpha value is -1.95. The minimum atomic E-state index is -0.844. The van der Waals surface area contributed by atoms with Crippen LogP contribution in [-0.2, 0) is 11.3 Å². The van der Waals surface area contributed by atoms with Gasteiger partial charge < -0.3 is 10.5 Å². The maximum Gasteiger partial charge on any atom is 0.341 e. The molecule has 0 aliphatic carbocycles. The van der Waals surface area contributed by atoms with Crippen LogP contribution in [-0.4, -0.2) is 5.97 Å². The number of benzene rings is 2. The van der Waals surface area contributed by atoms with Crippen LogP contribution in [0.5, 0.6) is 0 Å². The molecular weight excluding hydrogens is 344 g/mol. The van der Waals surface area contributed by atoms with Gasteiger partial charge in [0.15, 0.2) is 0 Å². The van der Waals surface area contributed by atoms with Crippen molar-refractivity contribution in [2.75, 3.05) is 5.73 Å². The van der Waals surface area contributed by atoms with Gasteiger partial charge in [-0.3, -0.25) is 0 Å². The number of hydrogen-bond acceptors (Lipinski definition) is 3. The highest BCUT2D eigenvalue weighted by molar-refractivity contribution is 9.10. The van der Waals surface area contributed by atoms with Crippen LogP contribution in [0.2, 0.25) is 0 Å².